The fraction of sp³-hybridized carbons (Fsp3) is 0.357. The van der Waals surface area contributed by atoms with Crippen LogP contribution in [0.3, 0.4) is 0 Å². The van der Waals surface area contributed by atoms with Gasteiger partial charge in [-0.1, -0.05) is 0 Å². The summed E-state index contributed by atoms with van der Waals surface area (Å²) in [5.41, 5.74) is 0.644. The van der Waals surface area contributed by atoms with Crippen molar-refractivity contribution in [3.8, 4) is 5.69 Å². The van der Waals surface area contributed by atoms with Gasteiger partial charge in [0, 0.05) is 13.2 Å². The van der Waals surface area contributed by atoms with Crippen LogP contribution in [-0.2, 0) is 4.74 Å². The standard InChI is InChI=1S/C14H17FN4O2/c1-9(8-21-3)16-14(20)13-17-10(2)19(18-13)12-6-4-11(15)5-7-12/h4-7,9H,8H2,1-3H3,(H,16,20). The molecule has 1 aromatic carbocycles. The second-order valence-corrected chi connectivity index (χ2v) is 4.70. The van der Waals surface area contributed by atoms with Crippen LogP contribution in [0.15, 0.2) is 24.3 Å². The fourth-order valence-electron chi connectivity index (χ4n) is 1.89. The number of carbonyl (C=O) groups excluding carboxylic acids is 1. The first kappa shape index (κ1) is 15.1. The summed E-state index contributed by atoms with van der Waals surface area (Å²) in [6.07, 6.45) is 0. The molecule has 21 heavy (non-hydrogen) atoms. The molecule has 0 saturated carbocycles. The van der Waals surface area contributed by atoms with E-state index in [2.05, 4.69) is 15.4 Å². The van der Waals surface area contributed by atoms with Gasteiger partial charge in [-0.3, -0.25) is 4.79 Å². The average molecular weight is 292 g/mol. The van der Waals surface area contributed by atoms with Gasteiger partial charge in [0.15, 0.2) is 0 Å². The lowest BCUT2D eigenvalue weighted by molar-refractivity contribution is 0.0895. The lowest BCUT2D eigenvalue weighted by Gasteiger charge is -2.10. The molecule has 0 aliphatic rings. The molecule has 0 aliphatic carbocycles. The SMILES string of the molecule is COCC(C)NC(=O)c1nc(C)n(-c2ccc(F)cc2)n1. The Bertz CT molecular complexity index is 624. The van der Waals surface area contributed by atoms with Gasteiger partial charge >= 0.3 is 0 Å². The third-order valence-corrected chi connectivity index (χ3v) is 2.84. The van der Waals surface area contributed by atoms with Crippen molar-refractivity contribution in [2.45, 2.75) is 19.9 Å². The molecule has 0 radical (unpaired) electrons. The Morgan fingerprint density at radius 1 is 1.43 bits per heavy atom. The first-order chi connectivity index (χ1) is 10.0. The van der Waals surface area contributed by atoms with Crippen LogP contribution in [0.5, 0.6) is 0 Å². The van der Waals surface area contributed by atoms with E-state index in [1.807, 2.05) is 6.92 Å². The number of nitrogens with zero attached hydrogens (tertiary/aromatic N) is 3. The quantitative estimate of drug-likeness (QED) is 0.906. The third kappa shape index (κ3) is 3.63. The molecule has 0 saturated heterocycles. The highest BCUT2D eigenvalue weighted by atomic mass is 19.1. The van der Waals surface area contributed by atoms with E-state index in [0.29, 0.717) is 18.1 Å². The van der Waals surface area contributed by atoms with Crippen molar-refractivity contribution < 1.29 is 13.9 Å². The molecule has 1 aromatic heterocycles. The fourth-order valence-corrected chi connectivity index (χ4v) is 1.89. The zero-order valence-electron chi connectivity index (χ0n) is 12.1. The van der Waals surface area contributed by atoms with E-state index in [-0.39, 0.29) is 23.6 Å². The Balaban J connectivity index is 2.19. The molecule has 0 aliphatic heterocycles. The van der Waals surface area contributed by atoms with Crippen molar-refractivity contribution in [3.05, 3.63) is 41.7 Å². The van der Waals surface area contributed by atoms with Crippen molar-refractivity contribution in [2.75, 3.05) is 13.7 Å². The monoisotopic (exact) mass is 292 g/mol. The number of amides is 1. The molecule has 1 heterocycles. The highest BCUT2D eigenvalue weighted by Gasteiger charge is 2.17. The molecule has 7 heteroatoms. The summed E-state index contributed by atoms with van der Waals surface area (Å²) >= 11 is 0. The normalized spacial score (nSPS) is 12.2. The number of ether oxygens (including phenoxy) is 1. The van der Waals surface area contributed by atoms with Gasteiger partial charge in [0.25, 0.3) is 5.91 Å². The van der Waals surface area contributed by atoms with E-state index >= 15 is 0 Å². The number of hydrogen-bond acceptors (Lipinski definition) is 4. The van der Waals surface area contributed by atoms with E-state index in [1.54, 1.807) is 26.2 Å². The number of aryl methyl sites for hydroxylation is 1. The molecule has 1 N–H and O–H groups in total. The number of benzene rings is 1. The Hall–Kier alpha value is -2.28. The summed E-state index contributed by atoms with van der Waals surface area (Å²) < 4.78 is 19.4. The predicted molar refractivity (Wildman–Crippen MR) is 74.9 cm³/mol. The summed E-state index contributed by atoms with van der Waals surface area (Å²) in [6.45, 7) is 3.96. The van der Waals surface area contributed by atoms with E-state index in [9.17, 15) is 9.18 Å². The molecule has 1 amide bonds. The number of halogens is 1. The minimum Gasteiger partial charge on any atom is -0.383 e. The lowest BCUT2D eigenvalue weighted by atomic mass is 10.3. The van der Waals surface area contributed by atoms with Crippen molar-refractivity contribution in [3.63, 3.8) is 0 Å². The van der Waals surface area contributed by atoms with E-state index in [0.717, 1.165) is 0 Å². The van der Waals surface area contributed by atoms with Crippen LogP contribution in [0, 0.1) is 12.7 Å². The molecule has 0 bridgehead atoms. The molecule has 1 atom stereocenters. The van der Waals surface area contributed by atoms with Crippen LogP contribution in [-0.4, -0.2) is 40.4 Å². The molecule has 2 rings (SSSR count). The average Bonchev–Trinajstić information content (AvgIpc) is 2.82. The molecule has 1 unspecified atom stereocenters. The van der Waals surface area contributed by atoms with Gasteiger partial charge in [0.1, 0.15) is 11.6 Å². The van der Waals surface area contributed by atoms with Gasteiger partial charge in [-0.05, 0) is 38.1 Å². The van der Waals surface area contributed by atoms with E-state index < -0.39 is 0 Å². The molecule has 0 spiro atoms. The zero-order valence-corrected chi connectivity index (χ0v) is 12.1. The van der Waals surface area contributed by atoms with Crippen LogP contribution < -0.4 is 5.32 Å². The summed E-state index contributed by atoms with van der Waals surface area (Å²) in [7, 11) is 1.56. The maximum absolute atomic E-state index is 12.9. The zero-order chi connectivity index (χ0) is 15.4. The number of carbonyl (C=O) groups is 1. The number of aromatic nitrogens is 3. The van der Waals surface area contributed by atoms with Gasteiger partial charge in [0.2, 0.25) is 5.82 Å². The topological polar surface area (TPSA) is 69.0 Å². The maximum Gasteiger partial charge on any atom is 0.291 e. The molecule has 6 nitrogen and oxygen atoms in total. The Morgan fingerprint density at radius 3 is 2.71 bits per heavy atom. The maximum atomic E-state index is 12.9. The highest BCUT2D eigenvalue weighted by Crippen LogP contribution is 2.10. The number of methoxy groups -OCH3 is 1. The first-order valence-electron chi connectivity index (χ1n) is 6.50. The predicted octanol–water partition coefficient (Wildman–Crippen LogP) is 1.48. The van der Waals surface area contributed by atoms with Crippen LogP contribution in [0.1, 0.15) is 23.4 Å². The lowest BCUT2D eigenvalue weighted by Crippen LogP contribution is -2.36. The number of rotatable bonds is 5. The summed E-state index contributed by atoms with van der Waals surface area (Å²) in [6, 6.07) is 5.67. The summed E-state index contributed by atoms with van der Waals surface area (Å²) in [5.74, 6) is -0.0858. The van der Waals surface area contributed by atoms with E-state index in [4.69, 9.17) is 4.74 Å². The minimum absolute atomic E-state index is 0.0692. The third-order valence-electron chi connectivity index (χ3n) is 2.84. The van der Waals surface area contributed by atoms with E-state index in [1.165, 1.54) is 16.8 Å². The van der Waals surface area contributed by atoms with Gasteiger partial charge in [-0.25, -0.2) is 14.1 Å². The largest absolute Gasteiger partial charge is 0.383 e. The van der Waals surface area contributed by atoms with Crippen LogP contribution >= 0.6 is 0 Å². The highest BCUT2D eigenvalue weighted by molar-refractivity contribution is 5.90. The van der Waals surface area contributed by atoms with Gasteiger partial charge in [0.05, 0.1) is 12.3 Å². The molecular weight excluding hydrogens is 275 g/mol. The van der Waals surface area contributed by atoms with Gasteiger partial charge in [-0.15, -0.1) is 5.10 Å². The first-order valence-corrected chi connectivity index (χ1v) is 6.50. The Morgan fingerprint density at radius 2 is 2.10 bits per heavy atom. The molecule has 112 valence electrons. The van der Waals surface area contributed by atoms with Crippen LogP contribution in [0.25, 0.3) is 5.69 Å². The number of nitrogens with one attached hydrogen (secondary N) is 1. The van der Waals surface area contributed by atoms with Crippen molar-refractivity contribution >= 4 is 5.91 Å². The van der Waals surface area contributed by atoms with Crippen molar-refractivity contribution in [2.24, 2.45) is 0 Å². The Kier molecular flexibility index (Phi) is 4.64. The molecular formula is C14H17FN4O2. The van der Waals surface area contributed by atoms with Gasteiger partial charge < -0.3 is 10.1 Å². The van der Waals surface area contributed by atoms with Crippen molar-refractivity contribution in [1.29, 1.82) is 0 Å². The molecule has 2 aromatic rings. The van der Waals surface area contributed by atoms with Crippen molar-refractivity contribution in [1.82, 2.24) is 20.1 Å². The summed E-state index contributed by atoms with van der Waals surface area (Å²) in [5, 5.41) is 6.89. The summed E-state index contributed by atoms with van der Waals surface area (Å²) in [4.78, 5) is 16.1. The minimum atomic E-state index is -0.372. The van der Waals surface area contributed by atoms with Gasteiger partial charge in [-0.2, -0.15) is 0 Å². The Labute approximate surface area is 121 Å². The molecule has 0 fully saturated rings. The smallest absolute Gasteiger partial charge is 0.291 e. The second kappa shape index (κ2) is 6.45. The number of hydrogen-bond donors (Lipinski definition) is 1. The van der Waals surface area contributed by atoms with Crippen LogP contribution in [0.4, 0.5) is 4.39 Å². The van der Waals surface area contributed by atoms with Crippen LogP contribution in [0.2, 0.25) is 0 Å². The second-order valence-electron chi connectivity index (χ2n) is 4.70.